The van der Waals surface area contributed by atoms with E-state index in [0.717, 1.165) is 0 Å². The number of nitrogens with zero attached hydrogens (tertiary/aromatic N) is 2. The minimum atomic E-state index is -0.583. The molecule has 2 amide bonds. The minimum absolute atomic E-state index is 0.245. The first-order valence-electron chi connectivity index (χ1n) is 6.92. The van der Waals surface area contributed by atoms with Crippen molar-refractivity contribution in [1.82, 2.24) is 10.4 Å². The van der Waals surface area contributed by atoms with Crippen LogP contribution in [0.2, 0.25) is 0 Å². The van der Waals surface area contributed by atoms with Gasteiger partial charge in [-0.2, -0.15) is 5.10 Å². The Balaban J connectivity index is 2.01. The fourth-order valence-electron chi connectivity index (χ4n) is 1.76. The molecule has 0 spiro atoms. The van der Waals surface area contributed by atoms with Crippen molar-refractivity contribution in [2.45, 2.75) is 0 Å². The lowest BCUT2D eigenvalue weighted by molar-refractivity contribution is -0.119. The average molecular weight is 328 g/mol. The molecule has 0 saturated heterocycles. The van der Waals surface area contributed by atoms with Crippen molar-refractivity contribution < 1.29 is 19.1 Å². The largest absolute Gasteiger partial charge is 0.493 e. The highest BCUT2D eigenvalue weighted by Gasteiger charge is 2.07. The summed E-state index contributed by atoms with van der Waals surface area (Å²) in [7, 11) is 1.47. The summed E-state index contributed by atoms with van der Waals surface area (Å²) in [6.07, 6.45) is 4.47. The second-order valence-electron chi connectivity index (χ2n) is 4.61. The van der Waals surface area contributed by atoms with Gasteiger partial charge in [0.05, 0.1) is 18.9 Å². The number of hydrogen-bond donors (Lipinski definition) is 2. The predicted octanol–water partition coefficient (Wildman–Crippen LogP) is 0.718. The molecule has 0 aliphatic rings. The highest BCUT2D eigenvalue weighted by atomic mass is 16.5. The number of hydrazone groups is 1. The summed E-state index contributed by atoms with van der Waals surface area (Å²) in [6, 6.07) is 8.25. The van der Waals surface area contributed by atoms with E-state index in [1.165, 1.54) is 19.5 Å². The van der Waals surface area contributed by atoms with E-state index < -0.39 is 5.91 Å². The number of methoxy groups -OCH3 is 1. The lowest BCUT2D eigenvalue weighted by Crippen LogP contribution is -2.20. The third-order valence-corrected chi connectivity index (χ3v) is 2.86. The summed E-state index contributed by atoms with van der Waals surface area (Å²) in [4.78, 5) is 26.4. The van der Waals surface area contributed by atoms with Gasteiger partial charge >= 0.3 is 0 Å². The standard InChI is InChI=1S/C16H16N4O4/c1-23-14-7-11(4-5-13(14)24-10-15(17)21)8-19-20-16(22)12-3-2-6-18-9-12/h2-9H,10H2,1H3,(H2,17,21)(H,20,22). The predicted molar refractivity (Wildman–Crippen MR) is 87.0 cm³/mol. The summed E-state index contributed by atoms with van der Waals surface area (Å²) >= 11 is 0. The molecule has 1 aromatic carbocycles. The molecule has 0 atom stereocenters. The van der Waals surface area contributed by atoms with Crippen molar-refractivity contribution in [3.63, 3.8) is 0 Å². The number of amides is 2. The van der Waals surface area contributed by atoms with Gasteiger partial charge < -0.3 is 15.2 Å². The maximum absolute atomic E-state index is 11.8. The van der Waals surface area contributed by atoms with Gasteiger partial charge in [0.2, 0.25) is 0 Å². The van der Waals surface area contributed by atoms with Gasteiger partial charge in [0, 0.05) is 12.4 Å². The van der Waals surface area contributed by atoms with Gasteiger partial charge in [0.25, 0.3) is 11.8 Å². The molecule has 2 rings (SSSR count). The zero-order valence-corrected chi connectivity index (χ0v) is 12.9. The van der Waals surface area contributed by atoms with E-state index in [4.69, 9.17) is 15.2 Å². The van der Waals surface area contributed by atoms with E-state index in [2.05, 4.69) is 15.5 Å². The molecule has 0 aliphatic carbocycles. The van der Waals surface area contributed by atoms with Crippen LogP contribution < -0.4 is 20.6 Å². The van der Waals surface area contributed by atoms with Gasteiger partial charge in [-0.05, 0) is 35.9 Å². The SMILES string of the molecule is COc1cc(C=NNC(=O)c2cccnc2)ccc1OCC(N)=O. The Kier molecular flexibility index (Phi) is 5.84. The first-order valence-corrected chi connectivity index (χ1v) is 6.92. The average Bonchev–Trinajstić information content (AvgIpc) is 2.61. The first kappa shape index (κ1) is 16.9. The number of ether oxygens (including phenoxy) is 2. The Morgan fingerprint density at radius 2 is 2.17 bits per heavy atom. The number of carbonyl (C=O) groups is 2. The number of primary amides is 1. The Morgan fingerprint density at radius 1 is 1.33 bits per heavy atom. The van der Waals surface area contributed by atoms with Gasteiger partial charge in [0.15, 0.2) is 18.1 Å². The van der Waals surface area contributed by atoms with Crippen molar-refractivity contribution >= 4 is 18.0 Å². The van der Waals surface area contributed by atoms with Crippen LogP contribution in [0, 0.1) is 0 Å². The van der Waals surface area contributed by atoms with E-state index >= 15 is 0 Å². The van der Waals surface area contributed by atoms with Crippen LogP contribution in [-0.4, -0.2) is 36.7 Å². The summed E-state index contributed by atoms with van der Waals surface area (Å²) < 4.78 is 10.4. The van der Waals surface area contributed by atoms with Crippen LogP contribution in [0.1, 0.15) is 15.9 Å². The van der Waals surface area contributed by atoms with Gasteiger partial charge in [-0.1, -0.05) is 0 Å². The molecule has 1 aromatic heterocycles. The molecule has 3 N–H and O–H groups in total. The lowest BCUT2D eigenvalue weighted by Gasteiger charge is -2.09. The normalized spacial score (nSPS) is 10.4. The molecule has 0 saturated carbocycles. The maximum atomic E-state index is 11.8. The molecule has 0 unspecified atom stereocenters. The Bertz CT molecular complexity index is 747. The zero-order chi connectivity index (χ0) is 17.4. The summed E-state index contributed by atoms with van der Waals surface area (Å²) in [5.41, 5.74) is 8.51. The zero-order valence-electron chi connectivity index (χ0n) is 12.9. The number of hydrogen-bond acceptors (Lipinski definition) is 6. The smallest absolute Gasteiger partial charge is 0.272 e. The number of pyridine rings is 1. The summed E-state index contributed by atoms with van der Waals surface area (Å²) in [6.45, 7) is -0.245. The minimum Gasteiger partial charge on any atom is -0.493 e. The van der Waals surface area contributed by atoms with E-state index in [1.807, 2.05) is 0 Å². The van der Waals surface area contributed by atoms with E-state index in [-0.39, 0.29) is 12.5 Å². The number of aromatic nitrogens is 1. The second kappa shape index (κ2) is 8.28. The molecule has 8 nitrogen and oxygen atoms in total. The molecule has 24 heavy (non-hydrogen) atoms. The molecule has 2 aromatic rings. The van der Waals surface area contributed by atoms with Crippen molar-refractivity contribution in [3.05, 3.63) is 53.9 Å². The second-order valence-corrected chi connectivity index (χ2v) is 4.61. The van der Waals surface area contributed by atoms with Crippen molar-refractivity contribution in [2.24, 2.45) is 10.8 Å². The molecule has 8 heteroatoms. The van der Waals surface area contributed by atoms with Gasteiger partial charge in [-0.3, -0.25) is 14.6 Å². The summed E-state index contributed by atoms with van der Waals surface area (Å²) in [5, 5.41) is 3.87. The highest BCUT2D eigenvalue weighted by Crippen LogP contribution is 2.27. The van der Waals surface area contributed by atoms with E-state index in [9.17, 15) is 9.59 Å². The van der Waals surface area contributed by atoms with E-state index in [1.54, 1.807) is 36.5 Å². The Hall–Kier alpha value is -3.42. The lowest BCUT2D eigenvalue weighted by atomic mass is 10.2. The van der Waals surface area contributed by atoms with Gasteiger partial charge in [-0.15, -0.1) is 0 Å². The molecule has 0 bridgehead atoms. The van der Waals surface area contributed by atoms with Crippen LogP contribution in [0.4, 0.5) is 0 Å². The molecular formula is C16H16N4O4. The molecule has 1 heterocycles. The number of carbonyl (C=O) groups excluding carboxylic acids is 2. The molecular weight excluding hydrogens is 312 g/mol. The number of nitrogens with one attached hydrogen (secondary N) is 1. The van der Waals surface area contributed by atoms with Crippen molar-refractivity contribution in [1.29, 1.82) is 0 Å². The Labute approximate surface area is 138 Å². The Morgan fingerprint density at radius 3 is 2.83 bits per heavy atom. The van der Waals surface area contributed by atoms with Crippen LogP contribution in [0.15, 0.2) is 47.8 Å². The van der Waals surface area contributed by atoms with Gasteiger partial charge in [0.1, 0.15) is 0 Å². The number of nitrogens with two attached hydrogens (primary N) is 1. The third kappa shape index (κ3) is 4.80. The topological polar surface area (TPSA) is 116 Å². The van der Waals surface area contributed by atoms with Crippen LogP contribution in [0.25, 0.3) is 0 Å². The van der Waals surface area contributed by atoms with Crippen LogP contribution in [-0.2, 0) is 4.79 Å². The quantitative estimate of drug-likeness (QED) is 0.574. The fourth-order valence-corrected chi connectivity index (χ4v) is 1.76. The van der Waals surface area contributed by atoms with Crippen molar-refractivity contribution in [2.75, 3.05) is 13.7 Å². The number of benzene rings is 1. The maximum Gasteiger partial charge on any atom is 0.272 e. The number of rotatable bonds is 7. The molecule has 0 aliphatic heterocycles. The first-order chi connectivity index (χ1) is 11.6. The fraction of sp³-hybridized carbons (Fsp3) is 0.125. The van der Waals surface area contributed by atoms with E-state index in [0.29, 0.717) is 22.6 Å². The highest BCUT2D eigenvalue weighted by molar-refractivity contribution is 5.94. The van der Waals surface area contributed by atoms with Gasteiger partial charge in [-0.25, -0.2) is 5.43 Å². The molecule has 124 valence electrons. The monoisotopic (exact) mass is 328 g/mol. The van der Waals surface area contributed by atoms with Crippen molar-refractivity contribution in [3.8, 4) is 11.5 Å². The third-order valence-electron chi connectivity index (χ3n) is 2.86. The summed E-state index contributed by atoms with van der Waals surface area (Å²) in [5.74, 6) is -0.153. The van der Waals surface area contributed by atoms with Crippen LogP contribution in [0.5, 0.6) is 11.5 Å². The molecule has 0 fully saturated rings. The van der Waals surface area contributed by atoms with Crippen LogP contribution in [0.3, 0.4) is 0 Å². The van der Waals surface area contributed by atoms with Crippen LogP contribution >= 0.6 is 0 Å². The molecule has 0 radical (unpaired) electrons.